The minimum atomic E-state index is -0.911. The van der Waals surface area contributed by atoms with Crippen molar-refractivity contribution in [2.24, 2.45) is 0 Å². The number of benzene rings is 1. The van der Waals surface area contributed by atoms with Crippen molar-refractivity contribution in [2.75, 3.05) is 13.1 Å². The predicted octanol–water partition coefficient (Wildman–Crippen LogP) is 2.82. The summed E-state index contributed by atoms with van der Waals surface area (Å²) in [5.74, 6) is -0.971. The average Bonchev–Trinajstić information content (AvgIpc) is 3.04. The van der Waals surface area contributed by atoms with Gasteiger partial charge in [-0.25, -0.2) is 4.39 Å². The molecule has 1 aliphatic rings. The van der Waals surface area contributed by atoms with Crippen molar-refractivity contribution in [1.29, 1.82) is 0 Å². The van der Waals surface area contributed by atoms with E-state index in [4.69, 9.17) is 4.52 Å². The van der Waals surface area contributed by atoms with E-state index in [0.717, 1.165) is 18.5 Å². The van der Waals surface area contributed by atoms with Crippen molar-refractivity contribution >= 4 is 5.97 Å². The molecule has 1 unspecified atom stereocenters. The zero-order chi connectivity index (χ0) is 15.5. The van der Waals surface area contributed by atoms with Crippen molar-refractivity contribution in [3.05, 3.63) is 53.7 Å². The lowest BCUT2D eigenvalue weighted by atomic mass is 9.92. The van der Waals surface area contributed by atoms with Crippen LogP contribution in [0.4, 0.5) is 4.39 Å². The summed E-state index contributed by atoms with van der Waals surface area (Å²) < 4.78 is 17.9. The Bertz CT molecular complexity index is 619. The minimum absolute atomic E-state index is 0.303. The first-order valence-electron chi connectivity index (χ1n) is 7.28. The fourth-order valence-corrected chi connectivity index (χ4v) is 3.04. The number of carbonyl (C=O) groups is 1. The highest BCUT2D eigenvalue weighted by Gasteiger charge is 2.32. The quantitative estimate of drug-likeness (QED) is 0.941. The molecule has 2 heterocycles. The second-order valence-corrected chi connectivity index (χ2v) is 5.53. The monoisotopic (exact) mass is 304 g/mol. The Hall–Kier alpha value is -2.21. The topological polar surface area (TPSA) is 66.6 Å². The van der Waals surface area contributed by atoms with Crippen molar-refractivity contribution in [1.82, 2.24) is 10.1 Å². The van der Waals surface area contributed by atoms with Gasteiger partial charge in [0.1, 0.15) is 18.1 Å². The van der Waals surface area contributed by atoms with Gasteiger partial charge in [0.05, 0.1) is 5.69 Å². The van der Waals surface area contributed by atoms with Gasteiger partial charge in [0.25, 0.3) is 0 Å². The van der Waals surface area contributed by atoms with Crippen LogP contribution in [-0.4, -0.2) is 34.2 Å². The number of carboxylic acids is 1. The lowest BCUT2D eigenvalue weighted by Crippen LogP contribution is -2.39. The summed E-state index contributed by atoms with van der Waals surface area (Å²) in [6.07, 6.45) is 3.22. The van der Waals surface area contributed by atoms with Gasteiger partial charge in [-0.1, -0.05) is 17.3 Å². The molecule has 1 N–H and O–H groups in total. The molecule has 116 valence electrons. The highest BCUT2D eigenvalue weighted by Crippen LogP contribution is 2.31. The van der Waals surface area contributed by atoms with Gasteiger partial charge >= 0.3 is 5.97 Å². The Morgan fingerprint density at radius 1 is 1.27 bits per heavy atom. The number of piperidine rings is 1. The fraction of sp³-hybridized carbons (Fsp3) is 0.375. The molecule has 22 heavy (non-hydrogen) atoms. The normalized spacial score (nSPS) is 18.2. The molecule has 5 nitrogen and oxygen atoms in total. The molecule has 0 bridgehead atoms. The third kappa shape index (κ3) is 3.01. The number of nitrogens with zero attached hydrogens (tertiary/aromatic N) is 2. The fourth-order valence-electron chi connectivity index (χ4n) is 3.04. The Labute approximate surface area is 127 Å². The zero-order valence-corrected chi connectivity index (χ0v) is 12.0. The van der Waals surface area contributed by atoms with Crippen LogP contribution in [0.15, 0.2) is 41.1 Å². The standard InChI is InChI=1S/C16H17FN2O3/c17-13-3-1-12(2-4-13)15(16(20)21)19-8-5-11(6-9-19)14-7-10-22-18-14/h1-4,7,10-11,15H,5-6,8-9H2,(H,20,21). The molecule has 1 aliphatic heterocycles. The van der Waals surface area contributed by atoms with Crippen LogP contribution in [0.2, 0.25) is 0 Å². The second-order valence-electron chi connectivity index (χ2n) is 5.53. The number of rotatable bonds is 4. The SMILES string of the molecule is O=C(O)C(c1ccc(F)cc1)N1CCC(c2ccon2)CC1. The highest BCUT2D eigenvalue weighted by molar-refractivity contribution is 5.75. The first-order valence-corrected chi connectivity index (χ1v) is 7.28. The van der Waals surface area contributed by atoms with Gasteiger partial charge in [0, 0.05) is 12.0 Å². The van der Waals surface area contributed by atoms with Crippen LogP contribution >= 0.6 is 0 Å². The molecule has 0 saturated carbocycles. The molecule has 1 saturated heterocycles. The van der Waals surface area contributed by atoms with E-state index in [1.807, 2.05) is 11.0 Å². The van der Waals surface area contributed by atoms with Crippen LogP contribution in [0.1, 0.15) is 36.1 Å². The summed E-state index contributed by atoms with van der Waals surface area (Å²) in [4.78, 5) is 13.6. The van der Waals surface area contributed by atoms with Crippen LogP contribution in [0.3, 0.4) is 0 Å². The molecule has 1 aromatic carbocycles. The van der Waals surface area contributed by atoms with Gasteiger partial charge in [-0.15, -0.1) is 0 Å². The minimum Gasteiger partial charge on any atom is -0.480 e. The third-order valence-corrected chi connectivity index (χ3v) is 4.19. The van der Waals surface area contributed by atoms with Crippen LogP contribution in [0.25, 0.3) is 0 Å². The first kappa shape index (κ1) is 14.7. The Balaban J connectivity index is 1.71. The van der Waals surface area contributed by atoms with Crippen molar-refractivity contribution in [3.63, 3.8) is 0 Å². The Morgan fingerprint density at radius 3 is 2.50 bits per heavy atom. The maximum Gasteiger partial charge on any atom is 0.325 e. The van der Waals surface area contributed by atoms with Gasteiger partial charge < -0.3 is 9.63 Å². The van der Waals surface area contributed by atoms with Gasteiger partial charge in [0.15, 0.2) is 0 Å². The maximum absolute atomic E-state index is 13.0. The second kappa shape index (κ2) is 6.27. The van der Waals surface area contributed by atoms with Crippen molar-refractivity contribution in [2.45, 2.75) is 24.8 Å². The molecule has 0 spiro atoms. The van der Waals surface area contributed by atoms with Gasteiger partial charge in [-0.05, 0) is 43.6 Å². The van der Waals surface area contributed by atoms with Gasteiger partial charge in [-0.2, -0.15) is 0 Å². The molecule has 6 heteroatoms. The van der Waals surface area contributed by atoms with Gasteiger partial charge in [-0.3, -0.25) is 9.69 Å². The molecule has 1 aromatic heterocycles. The summed E-state index contributed by atoms with van der Waals surface area (Å²) in [6, 6.07) is 6.80. The summed E-state index contributed by atoms with van der Waals surface area (Å²) >= 11 is 0. The van der Waals surface area contributed by atoms with E-state index in [9.17, 15) is 14.3 Å². The molecular weight excluding hydrogens is 287 g/mol. The molecule has 0 radical (unpaired) electrons. The Kier molecular flexibility index (Phi) is 4.20. The first-order chi connectivity index (χ1) is 10.6. The molecule has 0 aliphatic carbocycles. The number of hydrogen-bond donors (Lipinski definition) is 1. The number of aromatic nitrogens is 1. The van der Waals surface area contributed by atoms with E-state index in [1.54, 1.807) is 6.26 Å². The van der Waals surface area contributed by atoms with E-state index >= 15 is 0 Å². The maximum atomic E-state index is 13.0. The van der Waals surface area contributed by atoms with E-state index < -0.39 is 12.0 Å². The van der Waals surface area contributed by atoms with E-state index in [0.29, 0.717) is 24.6 Å². The molecule has 2 aromatic rings. The Morgan fingerprint density at radius 2 is 1.95 bits per heavy atom. The molecule has 3 rings (SSSR count). The largest absolute Gasteiger partial charge is 0.480 e. The van der Waals surface area contributed by atoms with Crippen LogP contribution in [-0.2, 0) is 4.79 Å². The number of halogens is 1. The molecule has 1 atom stereocenters. The number of hydrogen-bond acceptors (Lipinski definition) is 4. The van der Waals surface area contributed by atoms with Crippen LogP contribution in [0, 0.1) is 5.82 Å². The van der Waals surface area contributed by atoms with Gasteiger partial charge in [0.2, 0.25) is 0 Å². The number of aliphatic carboxylic acids is 1. The van der Waals surface area contributed by atoms with Crippen LogP contribution in [0.5, 0.6) is 0 Å². The summed E-state index contributed by atoms with van der Waals surface area (Å²) in [5, 5.41) is 13.5. The molecular formula is C16H17FN2O3. The number of carboxylic acid groups (broad SMARTS) is 1. The summed E-state index contributed by atoms with van der Waals surface area (Å²) in [5.41, 5.74) is 1.53. The summed E-state index contributed by atoms with van der Waals surface area (Å²) in [6.45, 7) is 1.32. The highest BCUT2D eigenvalue weighted by atomic mass is 19.1. The van der Waals surface area contributed by atoms with E-state index in [2.05, 4.69) is 5.16 Å². The van der Waals surface area contributed by atoms with Crippen molar-refractivity contribution in [3.8, 4) is 0 Å². The molecule has 0 amide bonds. The lowest BCUT2D eigenvalue weighted by molar-refractivity contribution is -0.144. The third-order valence-electron chi connectivity index (χ3n) is 4.19. The van der Waals surface area contributed by atoms with Crippen LogP contribution < -0.4 is 0 Å². The smallest absolute Gasteiger partial charge is 0.325 e. The molecule has 1 fully saturated rings. The number of likely N-dealkylation sites (tertiary alicyclic amines) is 1. The predicted molar refractivity (Wildman–Crippen MR) is 76.8 cm³/mol. The summed E-state index contributed by atoms with van der Waals surface area (Å²) in [7, 11) is 0. The van der Waals surface area contributed by atoms with Crippen molar-refractivity contribution < 1.29 is 18.8 Å². The van der Waals surface area contributed by atoms with E-state index in [-0.39, 0.29) is 5.82 Å². The zero-order valence-electron chi connectivity index (χ0n) is 12.0. The average molecular weight is 304 g/mol. The van der Waals surface area contributed by atoms with E-state index in [1.165, 1.54) is 24.3 Å². The lowest BCUT2D eigenvalue weighted by Gasteiger charge is -2.35.